The SMILES string of the molecule is CCC(CC)n1cc(-c2nc(-c3cnn(C4CCN(C(C)=O)CC4)c3)cn3nccc23)cn1.CCC(CC)n1cc(-c2nc(-c3cnn(C[C@H]4COCCN4)c3)cn3nccc23)cn1.CCC(CC)n1cc(-c2nc(-c3cnn([C@@H]4CCCNC4)c3)cn3nccc23)cn1. The lowest BCUT2D eigenvalue weighted by Gasteiger charge is -2.31. The van der Waals surface area contributed by atoms with Crippen LogP contribution < -0.4 is 10.6 Å². The Hall–Kier alpha value is -9.53. The fourth-order valence-corrected chi connectivity index (χ4v) is 13.2. The molecule has 490 valence electrons. The van der Waals surface area contributed by atoms with Crippen LogP contribution in [-0.4, -0.2) is 165 Å². The Morgan fingerprint density at radius 1 is 0.500 bits per heavy atom. The van der Waals surface area contributed by atoms with E-state index in [0.717, 1.165) is 188 Å². The molecule has 3 aliphatic rings. The number of hydrogen-bond donors (Lipinski definition) is 2. The number of nitrogens with zero attached hydrogens (tertiary/aromatic N) is 22. The fraction of sp³-hybridized carbons (Fsp3) is 0.456. The van der Waals surface area contributed by atoms with E-state index in [4.69, 9.17) is 19.7 Å². The fourth-order valence-electron chi connectivity index (χ4n) is 13.2. The third-order valence-corrected chi connectivity index (χ3v) is 18.8. The van der Waals surface area contributed by atoms with Crippen molar-refractivity contribution in [3.63, 3.8) is 0 Å². The van der Waals surface area contributed by atoms with E-state index in [1.165, 1.54) is 6.42 Å². The topological polar surface area (TPSA) is 251 Å². The minimum atomic E-state index is 0.145. The van der Waals surface area contributed by atoms with Crippen molar-refractivity contribution >= 4 is 22.5 Å². The Kier molecular flexibility index (Phi) is 19.4. The summed E-state index contributed by atoms with van der Waals surface area (Å²) < 4.78 is 23.4. The Bertz CT molecular complexity index is 4420. The largest absolute Gasteiger partial charge is 0.378 e. The van der Waals surface area contributed by atoms with Gasteiger partial charge in [-0.3, -0.25) is 32.9 Å². The first-order chi connectivity index (χ1) is 46.1. The van der Waals surface area contributed by atoms with Crippen LogP contribution in [0.4, 0.5) is 0 Å². The average Bonchev–Trinajstić information content (AvgIpc) is 1.77. The third kappa shape index (κ3) is 13.6. The molecule has 3 fully saturated rings. The summed E-state index contributed by atoms with van der Waals surface area (Å²) in [5.74, 6) is 0.145. The monoisotopic (exact) mass is 1270 g/mol. The highest BCUT2D eigenvalue weighted by molar-refractivity contribution is 5.80. The van der Waals surface area contributed by atoms with Crippen molar-refractivity contribution in [3.8, 4) is 67.5 Å². The number of likely N-dealkylation sites (tertiary alicyclic amines) is 1. The summed E-state index contributed by atoms with van der Waals surface area (Å²) in [4.78, 5) is 28.5. The van der Waals surface area contributed by atoms with Gasteiger partial charge in [0.05, 0.1) is 181 Å². The molecule has 26 nitrogen and oxygen atoms in total. The third-order valence-electron chi connectivity index (χ3n) is 18.8. The van der Waals surface area contributed by atoms with Crippen LogP contribution in [0.25, 0.3) is 84.1 Å². The zero-order valence-corrected chi connectivity index (χ0v) is 55.0. The first kappa shape index (κ1) is 63.2. The van der Waals surface area contributed by atoms with E-state index < -0.39 is 0 Å². The number of piperidine rings is 2. The minimum absolute atomic E-state index is 0.145. The maximum absolute atomic E-state index is 11.6. The summed E-state index contributed by atoms with van der Waals surface area (Å²) >= 11 is 0. The smallest absolute Gasteiger partial charge is 0.219 e. The first-order valence-electron chi connectivity index (χ1n) is 33.6. The number of carbonyl (C=O) groups excluding carboxylic acids is 1. The van der Waals surface area contributed by atoms with Gasteiger partial charge in [-0.1, -0.05) is 41.5 Å². The maximum atomic E-state index is 11.6. The van der Waals surface area contributed by atoms with E-state index in [0.29, 0.717) is 36.8 Å². The molecule has 0 aromatic carbocycles. The molecule has 3 aliphatic heterocycles. The summed E-state index contributed by atoms with van der Waals surface area (Å²) in [7, 11) is 0. The summed E-state index contributed by atoms with van der Waals surface area (Å²) in [6, 6.07) is 8.12. The van der Waals surface area contributed by atoms with Crippen LogP contribution in [0, 0.1) is 0 Å². The standard InChI is InChI=1S/C24H30N8O.C22H28N8O.C22H28N8/c1-4-20(5-2)30-15-19(13-27-30)24-23-6-9-25-32(23)16-22(28-24)18-12-26-31(14-18)21-7-10-29(11-8-21)17(3)33;1-3-19(4-2)29-12-17(10-26-29)22-21-5-6-24-30(21)14-20(27-22)16-9-25-28(11-16)13-18-15-31-8-7-23-18;1-3-18(4-2)28-14-17(11-26-28)22-21-7-9-24-30(21)15-20(27-22)16-10-25-29(13-16)19-6-5-8-23-12-19/h6,9,12-16,20-21H,4-5,7-8,10-11H2,1-3H3;5-6,9-12,14,18-19,23H,3-4,7-8,13,15H2,1-2H3;7,9-11,13-15,18-19,23H,3-6,8,12H2,1-2H3/t;18-;19-/m.01/s1. The number of rotatable bonds is 19. The van der Waals surface area contributed by atoms with Crippen molar-refractivity contribution in [1.82, 2.24) is 118 Å². The highest BCUT2D eigenvalue weighted by Crippen LogP contribution is 2.33. The summed E-state index contributed by atoms with van der Waals surface area (Å²) in [6.07, 6.45) is 45.5. The van der Waals surface area contributed by atoms with Gasteiger partial charge < -0.3 is 20.3 Å². The number of fused-ring (bicyclic) bond motifs is 3. The van der Waals surface area contributed by atoms with Crippen LogP contribution in [0.1, 0.15) is 143 Å². The molecule has 1 amide bonds. The van der Waals surface area contributed by atoms with E-state index in [9.17, 15) is 4.79 Å². The van der Waals surface area contributed by atoms with Crippen LogP contribution in [0.3, 0.4) is 0 Å². The molecule has 26 heteroatoms. The van der Waals surface area contributed by atoms with Gasteiger partial charge in [-0.2, -0.15) is 45.9 Å². The molecule has 15 heterocycles. The maximum Gasteiger partial charge on any atom is 0.219 e. The molecular formula is C68H86N24O2. The van der Waals surface area contributed by atoms with Crippen LogP contribution in [0.2, 0.25) is 0 Å². The number of aromatic nitrogens is 21. The number of hydrogen-bond acceptors (Lipinski definition) is 16. The van der Waals surface area contributed by atoms with Gasteiger partial charge in [-0.25, -0.2) is 28.5 Å². The van der Waals surface area contributed by atoms with E-state index in [-0.39, 0.29) is 11.9 Å². The molecule has 0 spiro atoms. The van der Waals surface area contributed by atoms with Gasteiger partial charge in [0.25, 0.3) is 0 Å². The molecule has 2 N–H and O–H groups in total. The number of ether oxygens (including phenoxy) is 1. The molecule has 0 saturated carbocycles. The molecule has 0 unspecified atom stereocenters. The summed E-state index contributed by atoms with van der Waals surface area (Å²) in [5.41, 5.74) is 14.0. The summed E-state index contributed by atoms with van der Waals surface area (Å²) in [5, 5.41) is 48.0. The van der Waals surface area contributed by atoms with Crippen LogP contribution in [-0.2, 0) is 16.1 Å². The van der Waals surface area contributed by atoms with Gasteiger partial charge in [-0.15, -0.1) is 0 Å². The Labute approximate surface area is 546 Å². The lowest BCUT2D eigenvalue weighted by atomic mass is 10.1. The van der Waals surface area contributed by atoms with Gasteiger partial charge in [0.2, 0.25) is 5.91 Å². The molecule has 0 radical (unpaired) electrons. The highest BCUT2D eigenvalue weighted by Gasteiger charge is 2.25. The molecule has 3 saturated heterocycles. The molecular weight excluding hydrogens is 1180 g/mol. The van der Waals surface area contributed by atoms with Gasteiger partial charge in [-0.05, 0) is 89.0 Å². The normalized spacial score (nSPS) is 16.4. The number of carbonyl (C=O) groups is 1. The lowest BCUT2D eigenvalue weighted by Crippen LogP contribution is -2.43. The Morgan fingerprint density at radius 3 is 1.35 bits per heavy atom. The van der Waals surface area contributed by atoms with Gasteiger partial charge in [0, 0.05) is 104 Å². The first-order valence-corrected chi connectivity index (χ1v) is 33.6. The molecule has 15 rings (SSSR count). The number of nitrogens with one attached hydrogen (secondary N) is 2. The van der Waals surface area contributed by atoms with Crippen LogP contribution in [0.5, 0.6) is 0 Å². The quantitative estimate of drug-likeness (QED) is 0.0763. The zero-order chi connectivity index (χ0) is 64.7. The van der Waals surface area contributed by atoms with Crippen molar-refractivity contribution in [2.75, 3.05) is 45.9 Å². The van der Waals surface area contributed by atoms with E-state index in [2.05, 4.69) is 138 Å². The van der Waals surface area contributed by atoms with Crippen molar-refractivity contribution < 1.29 is 9.53 Å². The van der Waals surface area contributed by atoms with E-state index in [1.807, 2.05) is 124 Å². The summed E-state index contributed by atoms with van der Waals surface area (Å²) in [6.45, 7) is 21.5. The zero-order valence-electron chi connectivity index (χ0n) is 55.0. The Balaban J connectivity index is 0.000000128. The number of amides is 1. The molecule has 0 aliphatic carbocycles. The molecule has 94 heavy (non-hydrogen) atoms. The van der Waals surface area contributed by atoms with Crippen molar-refractivity contribution in [2.24, 2.45) is 0 Å². The van der Waals surface area contributed by atoms with Gasteiger partial charge in [0.1, 0.15) is 0 Å². The number of morpholine rings is 1. The molecule has 12 aromatic heterocycles. The predicted octanol–water partition coefficient (Wildman–Crippen LogP) is 10.5. The van der Waals surface area contributed by atoms with Crippen molar-refractivity contribution in [2.45, 2.75) is 155 Å². The highest BCUT2D eigenvalue weighted by atomic mass is 16.5. The molecule has 0 bridgehead atoms. The minimum Gasteiger partial charge on any atom is -0.378 e. The second-order valence-corrected chi connectivity index (χ2v) is 24.8. The second-order valence-electron chi connectivity index (χ2n) is 24.8. The average molecular weight is 1270 g/mol. The molecule has 2 atom stereocenters. The van der Waals surface area contributed by atoms with Crippen LogP contribution >= 0.6 is 0 Å². The lowest BCUT2D eigenvalue weighted by molar-refractivity contribution is -0.130. The van der Waals surface area contributed by atoms with Crippen molar-refractivity contribution in [3.05, 3.63) is 130 Å². The van der Waals surface area contributed by atoms with Crippen molar-refractivity contribution in [1.29, 1.82) is 0 Å². The molecule has 12 aromatic rings. The van der Waals surface area contributed by atoms with E-state index in [1.54, 1.807) is 19.3 Å². The van der Waals surface area contributed by atoms with Gasteiger partial charge in [0.15, 0.2) is 0 Å². The van der Waals surface area contributed by atoms with E-state index >= 15 is 0 Å². The van der Waals surface area contributed by atoms with Gasteiger partial charge >= 0.3 is 0 Å². The van der Waals surface area contributed by atoms with Crippen LogP contribution in [0.15, 0.2) is 130 Å². The second kappa shape index (κ2) is 28.8. The Morgan fingerprint density at radius 2 is 0.936 bits per heavy atom. The predicted molar refractivity (Wildman–Crippen MR) is 359 cm³/mol.